The van der Waals surface area contributed by atoms with E-state index in [-0.39, 0.29) is 36.6 Å². The monoisotopic (exact) mass is 481 g/mol. The summed E-state index contributed by atoms with van der Waals surface area (Å²) >= 11 is 0. The van der Waals surface area contributed by atoms with Gasteiger partial charge in [0.05, 0.1) is 17.1 Å². The summed E-state index contributed by atoms with van der Waals surface area (Å²) in [7, 11) is 0. The molecule has 34 heavy (non-hydrogen) atoms. The summed E-state index contributed by atoms with van der Waals surface area (Å²) in [6.45, 7) is 1.82. The van der Waals surface area contributed by atoms with Crippen LogP contribution in [-0.2, 0) is 6.61 Å². The number of aromatic amines is 1. The highest BCUT2D eigenvalue weighted by Gasteiger charge is 2.22. The van der Waals surface area contributed by atoms with Crippen molar-refractivity contribution in [3.05, 3.63) is 99.0 Å². The van der Waals surface area contributed by atoms with Crippen molar-refractivity contribution in [3.8, 4) is 5.75 Å². The average molecular weight is 482 g/mol. The zero-order valence-corrected chi connectivity index (χ0v) is 18.9. The number of nitrogens with zero attached hydrogens (tertiary/aromatic N) is 1. The van der Waals surface area contributed by atoms with Gasteiger partial charge in [-0.3, -0.25) is 4.57 Å². The normalized spacial score (nSPS) is 18.2. The molecule has 3 heterocycles. The van der Waals surface area contributed by atoms with Gasteiger partial charge in [-0.2, -0.15) is 0 Å². The van der Waals surface area contributed by atoms with Gasteiger partial charge < -0.3 is 15.0 Å². The van der Waals surface area contributed by atoms with Gasteiger partial charge in [-0.15, -0.1) is 12.4 Å². The third-order valence-electron chi connectivity index (χ3n) is 6.43. The van der Waals surface area contributed by atoms with Crippen molar-refractivity contribution in [2.75, 3.05) is 13.1 Å². The van der Waals surface area contributed by atoms with Gasteiger partial charge in [0, 0.05) is 23.7 Å². The number of ether oxygens (including phenoxy) is 1. The van der Waals surface area contributed by atoms with Gasteiger partial charge in [0.2, 0.25) is 0 Å². The number of halogens is 3. The first kappa shape index (κ1) is 22.4. The van der Waals surface area contributed by atoms with E-state index in [0.717, 1.165) is 52.8 Å². The predicted octanol–water partition coefficient (Wildman–Crippen LogP) is 5.05. The second kappa shape index (κ2) is 8.74. The largest absolute Gasteiger partial charge is 0.488 e. The van der Waals surface area contributed by atoms with Crippen LogP contribution < -0.4 is 15.7 Å². The fourth-order valence-electron chi connectivity index (χ4n) is 4.87. The van der Waals surface area contributed by atoms with Crippen LogP contribution in [0.1, 0.15) is 34.7 Å². The van der Waals surface area contributed by atoms with E-state index >= 15 is 0 Å². The lowest BCUT2D eigenvalue weighted by Crippen LogP contribution is -2.23. The van der Waals surface area contributed by atoms with Crippen LogP contribution in [0.25, 0.3) is 22.7 Å². The number of H-pyrrole nitrogens is 1. The molecule has 1 aromatic heterocycles. The molecular weight excluding hydrogens is 460 g/mol. The van der Waals surface area contributed by atoms with Gasteiger partial charge in [0.1, 0.15) is 24.0 Å². The van der Waals surface area contributed by atoms with Crippen LogP contribution in [0.15, 0.2) is 59.4 Å². The van der Waals surface area contributed by atoms with Crippen LogP contribution in [0.4, 0.5) is 8.78 Å². The Hall–Kier alpha value is -3.42. The molecule has 1 saturated heterocycles. The second-order valence-corrected chi connectivity index (χ2v) is 8.51. The Bertz CT molecular complexity index is 1430. The van der Waals surface area contributed by atoms with Crippen molar-refractivity contribution in [1.29, 1.82) is 0 Å². The van der Waals surface area contributed by atoms with E-state index in [1.807, 2.05) is 28.8 Å². The van der Waals surface area contributed by atoms with Crippen LogP contribution in [0.3, 0.4) is 0 Å². The maximum Gasteiger partial charge on any atom is 0.326 e. The maximum absolute atomic E-state index is 13.9. The van der Waals surface area contributed by atoms with Crippen LogP contribution in [-0.4, -0.2) is 22.6 Å². The molecule has 174 valence electrons. The molecule has 1 atom stereocenters. The van der Waals surface area contributed by atoms with E-state index < -0.39 is 5.82 Å². The van der Waals surface area contributed by atoms with E-state index in [1.165, 1.54) is 24.3 Å². The molecule has 8 heteroatoms. The molecule has 0 bridgehead atoms. The molecular formula is C26H22ClF2N3O2. The Morgan fingerprint density at radius 2 is 1.79 bits per heavy atom. The third kappa shape index (κ3) is 3.81. The molecule has 2 aliphatic rings. The van der Waals surface area contributed by atoms with Gasteiger partial charge in [-0.1, -0.05) is 12.1 Å². The molecule has 2 N–H and O–H groups in total. The molecule has 1 unspecified atom stereocenters. The van der Waals surface area contributed by atoms with Gasteiger partial charge >= 0.3 is 5.69 Å². The summed E-state index contributed by atoms with van der Waals surface area (Å²) in [5, 5.41) is 3.30. The van der Waals surface area contributed by atoms with E-state index in [9.17, 15) is 13.6 Å². The number of imidazole rings is 1. The summed E-state index contributed by atoms with van der Waals surface area (Å²) in [6, 6.07) is 15.0. The first-order chi connectivity index (χ1) is 16.1. The van der Waals surface area contributed by atoms with Crippen molar-refractivity contribution < 1.29 is 13.5 Å². The number of nitrogens with one attached hydrogen (secondary N) is 2. The third-order valence-corrected chi connectivity index (χ3v) is 6.43. The van der Waals surface area contributed by atoms with E-state index in [4.69, 9.17) is 4.74 Å². The fraction of sp³-hybridized carbons (Fsp3) is 0.192. The van der Waals surface area contributed by atoms with E-state index in [1.54, 1.807) is 12.1 Å². The zero-order valence-electron chi connectivity index (χ0n) is 18.1. The number of hydrogen-bond donors (Lipinski definition) is 2. The number of hydrogen-bond acceptors (Lipinski definition) is 3. The Kier molecular flexibility index (Phi) is 5.75. The smallest absolute Gasteiger partial charge is 0.326 e. The van der Waals surface area contributed by atoms with Crippen molar-refractivity contribution >= 4 is 35.1 Å². The molecule has 1 fully saturated rings. The quantitative estimate of drug-likeness (QED) is 0.421. The van der Waals surface area contributed by atoms with Crippen molar-refractivity contribution in [2.24, 2.45) is 0 Å². The minimum atomic E-state index is -0.396. The van der Waals surface area contributed by atoms with Crippen LogP contribution >= 0.6 is 12.4 Å². The summed E-state index contributed by atoms with van der Waals surface area (Å²) in [4.78, 5) is 15.6. The molecule has 2 aliphatic heterocycles. The number of fused-ring (bicyclic) bond motifs is 3. The number of benzene rings is 3. The van der Waals surface area contributed by atoms with E-state index in [0.29, 0.717) is 11.3 Å². The first-order valence-corrected chi connectivity index (χ1v) is 10.9. The van der Waals surface area contributed by atoms with Crippen molar-refractivity contribution in [2.45, 2.75) is 19.1 Å². The Balaban J connectivity index is 0.00000241. The molecule has 6 rings (SSSR count). The number of aromatic nitrogens is 2. The summed E-state index contributed by atoms with van der Waals surface area (Å²) in [5.74, 6) is -0.338. The van der Waals surface area contributed by atoms with Crippen LogP contribution in [0.5, 0.6) is 5.75 Å². The molecule has 4 aromatic rings. The standard InChI is InChI=1S/C26H21F2N3O2.ClH/c27-17-2-4-20-16(11-17)14-33-25-12-18(28)3-5-21(25)22(20)9-15-1-6-24-23(10-15)30-26(32)31(24)19-7-8-29-13-19;/h1-6,9-12,19,29H,7-8,13-14H2,(H,30,32);1H/b22-9+;. The Morgan fingerprint density at radius 3 is 2.59 bits per heavy atom. The second-order valence-electron chi connectivity index (χ2n) is 8.51. The highest BCUT2D eigenvalue weighted by atomic mass is 35.5. The van der Waals surface area contributed by atoms with Crippen molar-refractivity contribution in [1.82, 2.24) is 14.9 Å². The average Bonchev–Trinajstić information content (AvgIpc) is 3.40. The van der Waals surface area contributed by atoms with Crippen LogP contribution in [0.2, 0.25) is 0 Å². The van der Waals surface area contributed by atoms with Gasteiger partial charge in [0.25, 0.3) is 0 Å². The Morgan fingerprint density at radius 1 is 1.00 bits per heavy atom. The highest BCUT2D eigenvalue weighted by molar-refractivity contribution is 5.95. The van der Waals surface area contributed by atoms with E-state index in [2.05, 4.69) is 10.3 Å². The molecule has 0 spiro atoms. The van der Waals surface area contributed by atoms with Crippen LogP contribution in [0, 0.1) is 11.6 Å². The van der Waals surface area contributed by atoms with Gasteiger partial charge in [0.15, 0.2) is 0 Å². The minimum absolute atomic E-state index is 0. The SMILES string of the molecule is Cl.O=c1[nH]c2cc(/C=C3\c4ccc(F)cc4COc4cc(F)ccc43)ccc2n1C1CCNC1. The van der Waals surface area contributed by atoms with Gasteiger partial charge in [-0.05, 0) is 72.1 Å². The topological polar surface area (TPSA) is 59.1 Å². The summed E-state index contributed by atoms with van der Waals surface area (Å²) in [6.07, 6.45) is 2.88. The molecule has 0 aliphatic carbocycles. The lowest BCUT2D eigenvalue weighted by atomic mass is 9.92. The number of rotatable bonds is 2. The minimum Gasteiger partial charge on any atom is -0.488 e. The highest BCUT2D eigenvalue weighted by Crippen LogP contribution is 2.38. The summed E-state index contributed by atoms with van der Waals surface area (Å²) < 4.78 is 35.5. The molecule has 3 aromatic carbocycles. The Labute approximate surface area is 200 Å². The van der Waals surface area contributed by atoms with Crippen molar-refractivity contribution in [3.63, 3.8) is 0 Å². The summed E-state index contributed by atoms with van der Waals surface area (Å²) in [5.41, 5.74) is 5.41. The maximum atomic E-state index is 13.9. The molecule has 0 saturated carbocycles. The first-order valence-electron chi connectivity index (χ1n) is 10.9. The lowest BCUT2D eigenvalue weighted by Gasteiger charge is -2.12. The lowest BCUT2D eigenvalue weighted by molar-refractivity contribution is 0.305. The molecule has 5 nitrogen and oxygen atoms in total. The zero-order chi connectivity index (χ0) is 22.5. The molecule has 0 radical (unpaired) electrons. The fourth-order valence-corrected chi connectivity index (χ4v) is 4.87. The molecule has 0 amide bonds. The van der Waals surface area contributed by atoms with Gasteiger partial charge in [-0.25, -0.2) is 13.6 Å². The predicted molar refractivity (Wildman–Crippen MR) is 130 cm³/mol.